The van der Waals surface area contributed by atoms with Gasteiger partial charge in [0, 0.05) is 5.56 Å². The van der Waals surface area contributed by atoms with E-state index in [4.69, 9.17) is 9.47 Å². The van der Waals surface area contributed by atoms with Crippen LogP contribution in [-0.2, 0) is 9.47 Å². The number of hydrogen-bond donors (Lipinski definition) is 0. The van der Waals surface area contributed by atoms with Crippen LogP contribution in [0.1, 0.15) is 18.8 Å². The number of rotatable bonds is 1. The molecule has 1 saturated heterocycles. The first-order valence-electron chi connectivity index (χ1n) is 4.13. The third-order valence-electron chi connectivity index (χ3n) is 1.98. The van der Waals surface area contributed by atoms with E-state index in [0.29, 0.717) is 0 Å². The van der Waals surface area contributed by atoms with Crippen LogP contribution in [-0.4, -0.2) is 14.1 Å². The van der Waals surface area contributed by atoms with Gasteiger partial charge in [-0.25, -0.2) is 0 Å². The fraction of sp³-hybridized carbons (Fsp3) is 0.333. The highest BCUT2D eigenvalue weighted by Crippen LogP contribution is 2.30. The van der Waals surface area contributed by atoms with Gasteiger partial charge in [0.15, 0.2) is 12.6 Å². The first-order chi connectivity index (χ1) is 5.75. The van der Waals surface area contributed by atoms with E-state index in [0.717, 1.165) is 5.56 Å². The fourth-order valence-electron chi connectivity index (χ4n) is 1.24. The van der Waals surface area contributed by atoms with E-state index in [1.807, 2.05) is 19.1 Å². The minimum absolute atomic E-state index is 0.0451. The molecule has 0 bridgehead atoms. The lowest BCUT2D eigenvalue weighted by atomic mass is 9.95. The van der Waals surface area contributed by atoms with Crippen LogP contribution in [0.3, 0.4) is 0 Å². The van der Waals surface area contributed by atoms with Gasteiger partial charge in [-0.2, -0.15) is 0 Å². The van der Waals surface area contributed by atoms with Gasteiger partial charge < -0.3 is 9.47 Å². The summed E-state index contributed by atoms with van der Waals surface area (Å²) >= 11 is 0. The van der Waals surface area contributed by atoms with Crippen molar-refractivity contribution in [3.63, 3.8) is 0 Å². The number of ether oxygens (including phenoxy) is 2. The third-order valence-corrected chi connectivity index (χ3v) is 1.98. The summed E-state index contributed by atoms with van der Waals surface area (Å²) in [6.07, 6.45) is -0.183. The van der Waals surface area contributed by atoms with Crippen molar-refractivity contribution < 1.29 is 9.47 Å². The average molecular weight is 162 g/mol. The molecule has 0 aromatic heterocycles. The molecule has 1 fully saturated rings. The molecule has 0 radical (unpaired) electrons. The van der Waals surface area contributed by atoms with Gasteiger partial charge in [-0.1, -0.05) is 29.7 Å². The Bertz CT molecular complexity index is 264. The predicted octanol–water partition coefficient (Wildman–Crippen LogP) is 0.336. The molecular weight excluding hydrogens is 151 g/mol. The highest BCUT2D eigenvalue weighted by molar-refractivity contribution is 6.32. The molecule has 12 heavy (non-hydrogen) atoms. The summed E-state index contributed by atoms with van der Waals surface area (Å²) in [5, 5.41) is 0. The van der Waals surface area contributed by atoms with Crippen LogP contribution < -0.4 is 5.46 Å². The van der Waals surface area contributed by atoms with E-state index >= 15 is 0 Å². The van der Waals surface area contributed by atoms with Crippen LogP contribution in [0.2, 0.25) is 0 Å². The van der Waals surface area contributed by atoms with Crippen molar-refractivity contribution >= 4 is 13.3 Å². The Morgan fingerprint density at radius 3 is 2.25 bits per heavy atom. The molecule has 0 atom stereocenters. The van der Waals surface area contributed by atoms with Crippen LogP contribution in [0.4, 0.5) is 0 Å². The summed E-state index contributed by atoms with van der Waals surface area (Å²) in [6, 6.07) is 8.19. The Hall–Kier alpha value is -0.795. The van der Waals surface area contributed by atoms with Crippen LogP contribution in [0, 0.1) is 0 Å². The Morgan fingerprint density at radius 2 is 1.75 bits per heavy atom. The number of benzene rings is 1. The Morgan fingerprint density at radius 1 is 1.17 bits per heavy atom. The van der Waals surface area contributed by atoms with Crippen molar-refractivity contribution in [3.8, 4) is 0 Å². The summed E-state index contributed by atoms with van der Waals surface area (Å²) in [5.41, 5.74) is 2.35. The van der Waals surface area contributed by atoms with E-state index in [9.17, 15) is 0 Å². The average Bonchev–Trinajstić information content (AvgIpc) is 2.01. The smallest absolute Gasteiger partial charge is 0.189 e. The van der Waals surface area contributed by atoms with Crippen molar-refractivity contribution in [2.45, 2.75) is 19.5 Å². The quantitative estimate of drug-likeness (QED) is 0.554. The zero-order chi connectivity index (χ0) is 8.55. The second-order valence-electron chi connectivity index (χ2n) is 3.08. The van der Waals surface area contributed by atoms with Gasteiger partial charge in [0.25, 0.3) is 0 Å². The van der Waals surface area contributed by atoms with E-state index in [-0.39, 0.29) is 12.6 Å². The highest BCUT2D eigenvalue weighted by atomic mass is 16.9. The molecule has 0 saturated carbocycles. The van der Waals surface area contributed by atoms with Crippen molar-refractivity contribution in [1.29, 1.82) is 0 Å². The zero-order valence-corrected chi connectivity index (χ0v) is 7.28. The van der Waals surface area contributed by atoms with E-state index in [2.05, 4.69) is 20.0 Å². The fourth-order valence-corrected chi connectivity index (χ4v) is 1.24. The second kappa shape index (κ2) is 2.92. The molecule has 0 unspecified atom stereocenters. The molecule has 1 aromatic rings. The molecule has 3 heteroatoms. The molecule has 1 aliphatic rings. The minimum Gasteiger partial charge on any atom is -0.320 e. The standard InChI is InChI=1S/C9H11BO2/c1-6-11-9(12-6)7-2-4-8(10)5-3-7/h2-6,9H,10H2,1H3. The van der Waals surface area contributed by atoms with E-state index in [1.54, 1.807) is 0 Å². The van der Waals surface area contributed by atoms with Crippen molar-refractivity contribution in [2.75, 3.05) is 0 Å². The molecule has 1 heterocycles. The topological polar surface area (TPSA) is 18.5 Å². The molecule has 0 N–H and O–H groups in total. The Balaban J connectivity index is 2.09. The molecule has 0 spiro atoms. The van der Waals surface area contributed by atoms with Gasteiger partial charge in [-0.15, -0.1) is 0 Å². The molecule has 1 aromatic carbocycles. The van der Waals surface area contributed by atoms with Gasteiger partial charge in [-0.05, 0) is 6.92 Å². The second-order valence-corrected chi connectivity index (χ2v) is 3.08. The number of hydrogen-bond acceptors (Lipinski definition) is 2. The maximum Gasteiger partial charge on any atom is 0.189 e. The van der Waals surface area contributed by atoms with Crippen LogP contribution in [0.25, 0.3) is 0 Å². The lowest BCUT2D eigenvalue weighted by Gasteiger charge is -2.33. The summed E-state index contributed by atoms with van der Waals surface area (Å²) < 4.78 is 10.7. The van der Waals surface area contributed by atoms with E-state index in [1.165, 1.54) is 5.46 Å². The summed E-state index contributed by atoms with van der Waals surface area (Å²) in [5.74, 6) is 0. The Labute approximate surface area is 72.9 Å². The zero-order valence-electron chi connectivity index (χ0n) is 7.28. The first kappa shape index (κ1) is 7.83. The predicted molar refractivity (Wildman–Crippen MR) is 49.0 cm³/mol. The largest absolute Gasteiger partial charge is 0.320 e. The summed E-state index contributed by atoms with van der Waals surface area (Å²) in [7, 11) is 2.06. The van der Waals surface area contributed by atoms with Crippen LogP contribution >= 0.6 is 0 Å². The van der Waals surface area contributed by atoms with Crippen molar-refractivity contribution in [2.24, 2.45) is 0 Å². The van der Waals surface area contributed by atoms with Crippen LogP contribution in [0.15, 0.2) is 24.3 Å². The third kappa shape index (κ3) is 1.38. The van der Waals surface area contributed by atoms with Gasteiger partial charge in [0.1, 0.15) is 7.85 Å². The van der Waals surface area contributed by atoms with Crippen molar-refractivity contribution in [3.05, 3.63) is 29.8 Å². The maximum absolute atomic E-state index is 5.34. The molecule has 0 aliphatic carbocycles. The molecule has 2 nitrogen and oxygen atoms in total. The minimum atomic E-state index is -0.138. The lowest BCUT2D eigenvalue weighted by molar-refractivity contribution is -0.382. The molecule has 1 aliphatic heterocycles. The normalized spacial score (nSPS) is 28.1. The summed E-state index contributed by atoms with van der Waals surface area (Å²) in [4.78, 5) is 0. The SMILES string of the molecule is Bc1ccc(C2OC(C)O2)cc1. The molecule has 2 rings (SSSR count). The highest BCUT2D eigenvalue weighted by Gasteiger charge is 2.27. The van der Waals surface area contributed by atoms with Crippen LogP contribution in [0.5, 0.6) is 0 Å². The van der Waals surface area contributed by atoms with Crippen molar-refractivity contribution in [1.82, 2.24) is 0 Å². The molecule has 62 valence electrons. The maximum atomic E-state index is 5.34. The Kier molecular flexibility index (Phi) is 1.91. The lowest BCUT2D eigenvalue weighted by Crippen LogP contribution is -2.31. The van der Waals surface area contributed by atoms with Gasteiger partial charge >= 0.3 is 0 Å². The molecule has 0 amide bonds. The monoisotopic (exact) mass is 162 g/mol. The van der Waals surface area contributed by atoms with E-state index < -0.39 is 0 Å². The summed E-state index contributed by atoms with van der Waals surface area (Å²) in [6.45, 7) is 1.89. The first-order valence-corrected chi connectivity index (χ1v) is 4.13. The van der Waals surface area contributed by atoms with Gasteiger partial charge in [0.2, 0.25) is 0 Å². The van der Waals surface area contributed by atoms with Gasteiger partial charge in [0.05, 0.1) is 0 Å². The van der Waals surface area contributed by atoms with Gasteiger partial charge in [-0.3, -0.25) is 0 Å². The molecular formula is C9H11BO2.